The number of hydrogen-bond donors (Lipinski definition) is 0. The minimum Gasteiger partial charge on any atom is -0.298 e. The highest BCUT2D eigenvalue weighted by Gasteiger charge is 2.08. The zero-order valence-corrected chi connectivity index (χ0v) is 10.4. The normalized spacial score (nSPS) is 10.6. The van der Waals surface area contributed by atoms with E-state index in [-0.39, 0.29) is 0 Å². The summed E-state index contributed by atoms with van der Waals surface area (Å²) in [6.45, 7) is 0. The quantitative estimate of drug-likeness (QED) is 0.719. The standard InChI is InChI=1S/C9H4Br2OS/c10-7-3-5(4-12)8(11)6-1-2-13-9(6)7/h1-4H. The summed E-state index contributed by atoms with van der Waals surface area (Å²) in [6, 6.07) is 3.83. The van der Waals surface area contributed by atoms with Gasteiger partial charge >= 0.3 is 0 Å². The average molecular weight is 320 g/mol. The van der Waals surface area contributed by atoms with Crippen LogP contribution in [-0.2, 0) is 0 Å². The van der Waals surface area contributed by atoms with Crippen LogP contribution in [0.2, 0.25) is 0 Å². The van der Waals surface area contributed by atoms with Crippen molar-refractivity contribution in [2.75, 3.05) is 0 Å². The van der Waals surface area contributed by atoms with E-state index in [1.165, 1.54) is 0 Å². The predicted octanol–water partition coefficient (Wildman–Crippen LogP) is 4.24. The van der Waals surface area contributed by atoms with Crippen LogP contribution >= 0.6 is 43.2 Å². The summed E-state index contributed by atoms with van der Waals surface area (Å²) in [5.74, 6) is 0. The number of rotatable bonds is 1. The summed E-state index contributed by atoms with van der Waals surface area (Å²) < 4.78 is 3.02. The van der Waals surface area contributed by atoms with Gasteiger partial charge in [-0.15, -0.1) is 11.3 Å². The van der Waals surface area contributed by atoms with Crippen LogP contribution in [0.15, 0.2) is 26.5 Å². The summed E-state index contributed by atoms with van der Waals surface area (Å²) in [5.41, 5.74) is 0.678. The number of carbonyl (C=O) groups is 1. The lowest BCUT2D eigenvalue weighted by molar-refractivity contribution is 0.112. The summed E-state index contributed by atoms with van der Waals surface area (Å²) in [7, 11) is 0. The fraction of sp³-hybridized carbons (Fsp3) is 0. The number of hydrogen-bond acceptors (Lipinski definition) is 2. The SMILES string of the molecule is O=Cc1cc(Br)c2sccc2c1Br. The molecule has 0 unspecified atom stereocenters. The Morgan fingerprint density at radius 3 is 2.85 bits per heavy atom. The lowest BCUT2D eigenvalue weighted by atomic mass is 10.2. The van der Waals surface area contributed by atoms with Crippen LogP contribution in [0.5, 0.6) is 0 Å². The van der Waals surface area contributed by atoms with Crippen molar-refractivity contribution in [2.45, 2.75) is 0 Å². The van der Waals surface area contributed by atoms with E-state index in [1.807, 2.05) is 17.5 Å². The number of fused-ring (bicyclic) bond motifs is 1. The van der Waals surface area contributed by atoms with Crippen LogP contribution in [0.3, 0.4) is 0 Å². The molecule has 2 aromatic rings. The largest absolute Gasteiger partial charge is 0.298 e. The van der Waals surface area contributed by atoms with Crippen molar-refractivity contribution >= 4 is 59.6 Å². The molecular formula is C9H4Br2OS. The van der Waals surface area contributed by atoms with Crippen LogP contribution < -0.4 is 0 Å². The third kappa shape index (κ3) is 1.47. The predicted molar refractivity (Wildman–Crippen MR) is 62.6 cm³/mol. The van der Waals surface area contributed by atoms with E-state index in [1.54, 1.807) is 11.3 Å². The maximum atomic E-state index is 10.7. The van der Waals surface area contributed by atoms with E-state index in [9.17, 15) is 4.79 Å². The Morgan fingerprint density at radius 1 is 1.38 bits per heavy atom. The molecule has 1 aromatic carbocycles. The first kappa shape index (κ1) is 9.37. The highest BCUT2D eigenvalue weighted by molar-refractivity contribution is 9.11. The number of benzene rings is 1. The van der Waals surface area contributed by atoms with Gasteiger partial charge < -0.3 is 0 Å². The van der Waals surface area contributed by atoms with Crippen LogP contribution in [-0.4, -0.2) is 6.29 Å². The first-order valence-electron chi connectivity index (χ1n) is 3.54. The summed E-state index contributed by atoms with van der Waals surface area (Å²) in [5, 5.41) is 3.09. The van der Waals surface area contributed by atoms with Crippen molar-refractivity contribution in [3.05, 3.63) is 32.0 Å². The van der Waals surface area contributed by atoms with E-state index in [2.05, 4.69) is 31.9 Å². The first-order chi connectivity index (χ1) is 6.24. The van der Waals surface area contributed by atoms with Crippen molar-refractivity contribution in [3.8, 4) is 0 Å². The number of halogens is 2. The summed E-state index contributed by atoms with van der Waals surface area (Å²) in [6.07, 6.45) is 0.853. The molecule has 0 atom stereocenters. The smallest absolute Gasteiger partial charge is 0.151 e. The Morgan fingerprint density at radius 2 is 2.15 bits per heavy atom. The summed E-state index contributed by atoms with van der Waals surface area (Å²) >= 11 is 8.50. The lowest BCUT2D eigenvalue weighted by Crippen LogP contribution is -1.82. The molecule has 0 saturated carbocycles. The van der Waals surface area contributed by atoms with Gasteiger partial charge in [0.25, 0.3) is 0 Å². The number of carbonyl (C=O) groups excluding carboxylic acids is 1. The van der Waals surface area contributed by atoms with E-state index >= 15 is 0 Å². The first-order valence-corrected chi connectivity index (χ1v) is 6.01. The highest BCUT2D eigenvalue weighted by atomic mass is 79.9. The summed E-state index contributed by atoms with van der Waals surface area (Å²) in [4.78, 5) is 10.7. The Hall–Kier alpha value is -0.190. The molecule has 0 aliphatic rings. The molecule has 0 aliphatic heterocycles. The van der Waals surface area contributed by atoms with Gasteiger partial charge in [0.15, 0.2) is 6.29 Å². The van der Waals surface area contributed by atoms with Crippen LogP contribution in [0.1, 0.15) is 10.4 Å². The Labute approximate surface area is 96.0 Å². The van der Waals surface area contributed by atoms with E-state index in [0.717, 1.165) is 25.3 Å². The van der Waals surface area contributed by atoms with E-state index < -0.39 is 0 Å². The van der Waals surface area contributed by atoms with Gasteiger partial charge in [-0.2, -0.15) is 0 Å². The Kier molecular flexibility index (Phi) is 2.53. The molecule has 0 radical (unpaired) electrons. The molecule has 13 heavy (non-hydrogen) atoms. The molecule has 66 valence electrons. The van der Waals surface area contributed by atoms with Crippen molar-refractivity contribution < 1.29 is 4.79 Å². The highest BCUT2D eigenvalue weighted by Crippen LogP contribution is 2.36. The van der Waals surface area contributed by atoms with Gasteiger partial charge in [0.05, 0.1) is 0 Å². The van der Waals surface area contributed by atoms with Gasteiger partial charge in [-0.1, -0.05) is 0 Å². The minimum atomic E-state index is 0.678. The molecule has 0 amide bonds. The monoisotopic (exact) mass is 318 g/mol. The molecule has 1 nitrogen and oxygen atoms in total. The Bertz CT molecular complexity index is 476. The van der Waals surface area contributed by atoms with E-state index in [4.69, 9.17) is 0 Å². The molecular weight excluding hydrogens is 316 g/mol. The van der Waals surface area contributed by atoms with Gasteiger partial charge in [-0.3, -0.25) is 4.79 Å². The van der Waals surface area contributed by atoms with E-state index in [0.29, 0.717) is 5.56 Å². The van der Waals surface area contributed by atoms with Gasteiger partial charge in [0.2, 0.25) is 0 Å². The molecule has 1 aromatic heterocycles. The van der Waals surface area contributed by atoms with Crippen molar-refractivity contribution in [1.29, 1.82) is 0 Å². The van der Waals surface area contributed by atoms with Crippen molar-refractivity contribution in [1.82, 2.24) is 0 Å². The fourth-order valence-electron chi connectivity index (χ4n) is 1.17. The maximum absolute atomic E-state index is 10.7. The van der Waals surface area contributed by atoms with Gasteiger partial charge in [0.1, 0.15) is 0 Å². The van der Waals surface area contributed by atoms with Crippen molar-refractivity contribution in [2.24, 2.45) is 0 Å². The molecule has 0 N–H and O–H groups in total. The molecule has 0 fully saturated rings. The maximum Gasteiger partial charge on any atom is 0.151 e. The molecule has 0 bridgehead atoms. The minimum absolute atomic E-state index is 0.678. The van der Waals surface area contributed by atoms with Gasteiger partial charge in [-0.25, -0.2) is 0 Å². The molecule has 2 rings (SSSR count). The average Bonchev–Trinajstić information content (AvgIpc) is 2.60. The second-order valence-corrected chi connectivity index (χ2v) is 5.11. The molecule has 4 heteroatoms. The van der Waals surface area contributed by atoms with Crippen LogP contribution in [0.25, 0.3) is 10.1 Å². The topological polar surface area (TPSA) is 17.1 Å². The number of aldehydes is 1. The number of thiophene rings is 1. The lowest BCUT2D eigenvalue weighted by Gasteiger charge is -2.00. The second kappa shape index (κ2) is 3.52. The second-order valence-electron chi connectivity index (χ2n) is 2.54. The third-order valence-electron chi connectivity index (χ3n) is 1.78. The fourth-order valence-corrected chi connectivity index (χ4v) is 3.39. The third-order valence-corrected chi connectivity index (χ3v) is 4.50. The molecule has 1 heterocycles. The van der Waals surface area contributed by atoms with Crippen LogP contribution in [0, 0.1) is 0 Å². The van der Waals surface area contributed by atoms with Gasteiger partial charge in [-0.05, 0) is 49.4 Å². The molecule has 0 saturated heterocycles. The molecule has 0 aliphatic carbocycles. The van der Waals surface area contributed by atoms with Crippen molar-refractivity contribution in [3.63, 3.8) is 0 Å². The Balaban J connectivity index is 2.93. The van der Waals surface area contributed by atoms with Crippen LogP contribution in [0.4, 0.5) is 0 Å². The molecule has 0 spiro atoms. The van der Waals surface area contributed by atoms with Gasteiger partial charge in [0, 0.05) is 24.6 Å². The zero-order chi connectivity index (χ0) is 9.42. The zero-order valence-electron chi connectivity index (χ0n) is 6.38.